The van der Waals surface area contributed by atoms with Gasteiger partial charge in [-0.15, -0.1) is 12.4 Å². The number of benzene rings is 1. The van der Waals surface area contributed by atoms with E-state index >= 15 is 0 Å². The molecule has 1 aromatic rings. The third-order valence-corrected chi connectivity index (χ3v) is 3.22. The van der Waals surface area contributed by atoms with Gasteiger partial charge in [-0.3, -0.25) is 14.5 Å². The lowest BCUT2D eigenvalue weighted by Gasteiger charge is -2.20. The second-order valence-electron chi connectivity index (χ2n) is 4.17. The van der Waals surface area contributed by atoms with Gasteiger partial charge in [-0.2, -0.15) is 0 Å². The lowest BCUT2D eigenvalue weighted by Crippen LogP contribution is -2.41. The Morgan fingerprint density at radius 2 is 1.71 bits per heavy atom. The van der Waals surface area contributed by atoms with Crippen molar-refractivity contribution in [3.8, 4) is 0 Å². The molecular formula is C12H13ClN2O2. The molecule has 1 unspecified atom stereocenters. The number of fused-ring (bicyclic) bond motifs is 1. The summed E-state index contributed by atoms with van der Waals surface area (Å²) in [4.78, 5) is 25.6. The van der Waals surface area contributed by atoms with Gasteiger partial charge in [-0.1, -0.05) is 12.1 Å². The summed E-state index contributed by atoms with van der Waals surface area (Å²) >= 11 is 0. The van der Waals surface area contributed by atoms with E-state index in [1.807, 2.05) is 0 Å². The van der Waals surface area contributed by atoms with Crippen molar-refractivity contribution in [2.24, 2.45) is 0 Å². The summed E-state index contributed by atoms with van der Waals surface area (Å²) in [7, 11) is 0. The number of imide groups is 1. The maximum absolute atomic E-state index is 12.1. The molecule has 0 bridgehead atoms. The molecule has 1 saturated heterocycles. The first-order valence-electron chi connectivity index (χ1n) is 5.46. The third kappa shape index (κ3) is 1.73. The number of carbonyl (C=O) groups excluding carboxylic acids is 2. The highest BCUT2D eigenvalue weighted by Crippen LogP contribution is 2.26. The van der Waals surface area contributed by atoms with Gasteiger partial charge in [0.2, 0.25) is 0 Å². The van der Waals surface area contributed by atoms with Gasteiger partial charge in [0.25, 0.3) is 11.8 Å². The van der Waals surface area contributed by atoms with Crippen LogP contribution in [0.1, 0.15) is 27.1 Å². The number of carbonyl (C=O) groups is 2. The molecule has 1 aromatic carbocycles. The first-order chi connectivity index (χ1) is 7.79. The Morgan fingerprint density at radius 1 is 1.12 bits per heavy atom. The molecule has 2 aliphatic heterocycles. The molecule has 2 heterocycles. The number of rotatable bonds is 1. The van der Waals surface area contributed by atoms with Crippen LogP contribution < -0.4 is 5.32 Å². The fourth-order valence-corrected chi connectivity index (χ4v) is 2.40. The summed E-state index contributed by atoms with van der Waals surface area (Å²) in [5, 5.41) is 3.17. The zero-order valence-corrected chi connectivity index (χ0v) is 10.00. The summed E-state index contributed by atoms with van der Waals surface area (Å²) in [6.45, 7) is 1.59. The minimum absolute atomic E-state index is 0. The monoisotopic (exact) mass is 252 g/mol. The predicted octanol–water partition coefficient (Wildman–Crippen LogP) is 1.07. The van der Waals surface area contributed by atoms with Crippen LogP contribution in [0.25, 0.3) is 0 Å². The van der Waals surface area contributed by atoms with E-state index in [1.165, 1.54) is 4.90 Å². The highest BCUT2D eigenvalue weighted by atomic mass is 35.5. The van der Waals surface area contributed by atoms with E-state index in [9.17, 15) is 9.59 Å². The molecule has 90 valence electrons. The normalized spacial score (nSPS) is 22.6. The van der Waals surface area contributed by atoms with E-state index in [4.69, 9.17) is 0 Å². The average Bonchev–Trinajstić information content (AvgIpc) is 2.89. The van der Waals surface area contributed by atoms with Crippen LogP contribution in [-0.2, 0) is 0 Å². The van der Waals surface area contributed by atoms with Gasteiger partial charge < -0.3 is 5.32 Å². The lowest BCUT2D eigenvalue weighted by molar-refractivity contribution is 0.0597. The highest BCUT2D eigenvalue weighted by Gasteiger charge is 2.40. The number of halogens is 1. The number of hydrogen-bond acceptors (Lipinski definition) is 3. The van der Waals surface area contributed by atoms with Crippen molar-refractivity contribution in [2.45, 2.75) is 12.5 Å². The van der Waals surface area contributed by atoms with Gasteiger partial charge in [0.1, 0.15) is 0 Å². The minimum atomic E-state index is -0.144. The Bertz CT molecular complexity index is 434. The minimum Gasteiger partial charge on any atom is -0.315 e. The quantitative estimate of drug-likeness (QED) is 0.761. The Hall–Kier alpha value is -1.39. The van der Waals surface area contributed by atoms with E-state index in [0.29, 0.717) is 17.7 Å². The van der Waals surface area contributed by atoms with E-state index < -0.39 is 0 Å². The van der Waals surface area contributed by atoms with Gasteiger partial charge in [-0.25, -0.2) is 0 Å². The Balaban J connectivity index is 0.00000108. The van der Waals surface area contributed by atoms with Gasteiger partial charge in [0.15, 0.2) is 0 Å². The van der Waals surface area contributed by atoms with Crippen molar-refractivity contribution in [3.63, 3.8) is 0 Å². The van der Waals surface area contributed by atoms with Crippen LogP contribution >= 0.6 is 12.4 Å². The topological polar surface area (TPSA) is 49.4 Å². The van der Waals surface area contributed by atoms with Crippen molar-refractivity contribution in [3.05, 3.63) is 35.4 Å². The first-order valence-corrected chi connectivity index (χ1v) is 5.46. The zero-order valence-electron chi connectivity index (χ0n) is 9.18. The number of amides is 2. The van der Waals surface area contributed by atoms with Gasteiger partial charge in [0, 0.05) is 6.54 Å². The average molecular weight is 253 g/mol. The van der Waals surface area contributed by atoms with Crippen LogP contribution in [0.4, 0.5) is 0 Å². The van der Waals surface area contributed by atoms with Crippen LogP contribution in [0.5, 0.6) is 0 Å². The molecule has 0 aliphatic carbocycles. The molecule has 0 radical (unpaired) electrons. The Labute approximate surface area is 105 Å². The predicted molar refractivity (Wildman–Crippen MR) is 65.5 cm³/mol. The summed E-state index contributed by atoms with van der Waals surface area (Å²) < 4.78 is 0. The maximum Gasteiger partial charge on any atom is 0.261 e. The summed E-state index contributed by atoms with van der Waals surface area (Å²) in [6.07, 6.45) is 0.853. The molecule has 17 heavy (non-hydrogen) atoms. The van der Waals surface area contributed by atoms with Crippen molar-refractivity contribution in [2.75, 3.05) is 13.1 Å². The van der Waals surface area contributed by atoms with E-state index in [-0.39, 0.29) is 30.3 Å². The second kappa shape index (κ2) is 4.47. The third-order valence-electron chi connectivity index (χ3n) is 3.22. The Kier molecular flexibility index (Phi) is 3.17. The fraction of sp³-hybridized carbons (Fsp3) is 0.333. The number of nitrogens with zero attached hydrogens (tertiary/aromatic N) is 1. The standard InChI is InChI=1S/C12H12N2O2.ClH/c15-11-9-3-1-2-4-10(9)12(16)14(11)8-5-6-13-7-8;/h1-4,8,13H,5-7H2;1H. The largest absolute Gasteiger partial charge is 0.315 e. The summed E-state index contributed by atoms with van der Waals surface area (Å²) in [6, 6.07) is 7.05. The fourth-order valence-electron chi connectivity index (χ4n) is 2.40. The first kappa shape index (κ1) is 12.1. The van der Waals surface area contributed by atoms with Gasteiger partial charge >= 0.3 is 0 Å². The number of nitrogens with one attached hydrogen (secondary N) is 1. The van der Waals surface area contributed by atoms with Crippen molar-refractivity contribution < 1.29 is 9.59 Å². The SMILES string of the molecule is Cl.O=C1c2ccccc2C(=O)N1C1CCNC1. The maximum atomic E-state index is 12.1. The van der Waals surface area contributed by atoms with Crippen molar-refractivity contribution in [1.82, 2.24) is 10.2 Å². The molecule has 3 rings (SSSR count). The molecule has 0 aromatic heterocycles. The van der Waals surface area contributed by atoms with Crippen molar-refractivity contribution >= 4 is 24.2 Å². The molecule has 5 heteroatoms. The second-order valence-corrected chi connectivity index (χ2v) is 4.17. The van der Waals surface area contributed by atoms with Crippen LogP contribution in [0.3, 0.4) is 0 Å². The molecule has 1 N–H and O–H groups in total. The van der Waals surface area contributed by atoms with Gasteiger partial charge in [0.05, 0.1) is 17.2 Å². The number of hydrogen-bond donors (Lipinski definition) is 1. The van der Waals surface area contributed by atoms with E-state index in [1.54, 1.807) is 24.3 Å². The lowest BCUT2D eigenvalue weighted by atomic mass is 10.1. The summed E-state index contributed by atoms with van der Waals surface area (Å²) in [5.74, 6) is -0.288. The molecule has 1 fully saturated rings. The van der Waals surface area contributed by atoms with E-state index in [2.05, 4.69) is 5.32 Å². The van der Waals surface area contributed by atoms with Crippen LogP contribution in [0, 0.1) is 0 Å². The van der Waals surface area contributed by atoms with Gasteiger partial charge in [-0.05, 0) is 25.1 Å². The molecular weight excluding hydrogens is 240 g/mol. The molecule has 0 spiro atoms. The smallest absolute Gasteiger partial charge is 0.261 e. The van der Waals surface area contributed by atoms with E-state index in [0.717, 1.165) is 13.0 Å². The molecule has 4 nitrogen and oxygen atoms in total. The molecule has 2 aliphatic rings. The molecule has 1 atom stereocenters. The molecule has 2 amide bonds. The van der Waals surface area contributed by atoms with Crippen molar-refractivity contribution in [1.29, 1.82) is 0 Å². The van der Waals surface area contributed by atoms with Crippen LogP contribution in [-0.4, -0.2) is 35.8 Å². The highest BCUT2D eigenvalue weighted by molar-refractivity contribution is 6.21. The van der Waals surface area contributed by atoms with Crippen LogP contribution in [0.15, 0.2) is 24.3 Å². The zero-order chi connectivity index (χ0) is 11.1. The molecule has 0 saturated carbocycles. The summed E-state index contributed by atoms with van der Waals surface area (Å²) in [5.41, 5.74) is 1.08. The Morgan fingerprint density at radius 3 is 2.18 bits per heavy atom. The van der Waals surface area contributed by atoms with Crippen LogP contribution in [0.2, 0.25) is 0 Å².